The van der Waals surface area contributed by atoms with E-state index in [-0.39, 0.29) is 13.2 Å². The molecular weight excluding hydrogens is 368 g/mol. The van der Waals surface area contributed by atoms with E-state index in [2.05, 4.69) is 39.3 Å². The lowest BCUT2D eigenvalue weighted by Gasteiger charge is -2.18. The first-order valence-corrected chi connectivity index (χ1v) is 16.8. The maximum atomic E-state index is 11.9. The number of hydrogen-bond donors (Lipinski definition) is 1. The second kappa shape index (κ2) is 9.11. The van der Waals surface area contributed by atoms with E-state index < -0.39 is 49.9 Å². The lowest BCUT2D eigenvalue weighted by Crippen LogP contribution is -2.35. The Morgan fingerprint density at radius 2 is 1.33 bits per heavy atom. The molecule has 0 rings (SSSR count). The van der Waals surface area contributed by atoms with Crippen LogP contribution in [0.25, 0.3) is 0 Å². The summed E-state index contributed by atoms with van der Waals surface area (Å²) >= 11 is 0. The average molecular weight is 399 g/mol. The van der Waals surface area contributed by atoms with Crippen LogP contribution in [0, 0.1) is 0 Å². The van der Waals surface area contributed by atoms with Gasteiger partial charge in [0.05, 0.1) is 19.6 Å². The van der Waals surface area contributed by atoms with Crippen molar-refractivity contribution in [2.45, 2.75) is 63.0 Å². The molecule has 0 spiro atoms. The first-order valence-electron chi connectivity index (χ1n) is 7.90. The molecule has 0 aliphatic carbocycles. The fraction of sp³-hybridized carbons (Fsp3) is 0.857. The predicted molar refractivity (Wildman–Crippen MR) is 98.2 cm³/mol. The van der Waals surface area contributed by atoms with Gasteiger partial charge in [-0.15, -0.1) is 0 Å². The molecule has 0 saturated carbocycles. The quantitative estimate of drug-likeness (QED) is 0.342. The fourth-order valence-corrected chi connectivity index (χ4v) is 3.63. The number of carbonyl (C=O) groups excluding carboxylic acids is 2. The summed E-state index contributed by atoms with van der Waals surface area (Å²) in [5.74, 6) is -1.95. The zero-order valence-electron chi connectivity index (χ0n) is 15.4. The average Bonchev–Trinajstić information content (AvgIpc) is 2.31. The van der Waals surface area contributed by atoms with E-state index in [1.54, 1.807) is 0 Å². The third-order valence-electron chi connectivity index (χ3n) is 3.19. The molecule has 142 valence electrons. The van der Waals surface area contributed by atoms with Crippen LogP contribution in [0.1, 0.15) is 6.42 Å². The summed E-state index contributed by atoms with van der Waals surface area (Å²) in [7, 11) is -7.57. The third-order valence-corrected chi connectivity index (χ3v) is 7.67. The molecule has 0 aromatic rings. The standard InChI is InChI=1S/C14H30O7SSi2/c1-23(2,3)9-7-20-13(15)11-12(22(17,18)19)14(16)21-8-10-24(4,5)6/h12H,7-11H2,1-6H3,(H,17,18,19). The van der Waals surface area contributed by atoms with Gasteiger partial charge in [0.1, 0.15) is 0 Å². The van der Waals surface area contributed by atoms with Crippen molar-refractivity contribution in [2.24, 2.45) is 0 Å². The van der Waals surface area contributed by atoms with Gasteiger partial charge >= 0.3 is 11.9 Å². The summed E-state index contributed by atoms with van der Waals surface area (Å²) in [6, 6.07) is 1.40. The molecule has 10 heteroatoms. The summed E-state index contributed by atoms with van der Waals surface area (Å²) in [4.78, 5) is 23.6. The molecule has 0 heterocycles. The lowest BCUT2D eigenvalue weighted by atomic mass is 10.3. The third kappa shape index (κ3) is 11.8. The summed E-state index contributed by atoms with van der Waals surface area (Å²) in [5, 5.41) is -1.93. The second-order valence-electron chi connectivity index (χ2n) is 8.22. The van der Waals surface area contributed by atoms with Crippen molar-refractivity contribution in [2.75, 3.05) is 13.2 Å². The van der Waals surface area contributed by atoms with Gasteiger partial charge in [-0.1, -0.05) is 39.3 Å². The van der Waals surface area contributed by atoms with Gasteiger partial charge in [-0.05, 0) is 12.1 Å². The summed E-state index contributed by atoms with van der Waals surface area (Å²) in [6.45, 7) is 12.8. The monoisotopic (exact) mass is 398 g/mol. The zero-order valence-corrected chi connectivity index (χ0v) is 18.2. The normalized spacial score (nSPS) is 14.1. The zero-order chi connectivity index (χ0) is 19.2. The van der Waals surface area contributed by atoms with Crippen LogP contribution < -0.4 is 0 Å². The second-order valence-corrected chi connectivity index (χ2v) is 21.1. The van der Waals surface area contributed by atoms with Crippen molar-refractivity contribution in [3.05, 3.63) is 0 Å². The first kappa shape index (κ1) is 23.3. The number of hydrogen-bond acceptors (Lipinski definition) is 6. The molecule has 24 heavy (non-hydrogen) atoms. The Morgan fingerprint density at radius 1 is 0.917 bits per heavy atom. The molecule has 0 aliphatic rings. The fourth-order valence-electron chi connectivity index (χ4n) is 1.54. The number of esters is 2. The van der Waals surface area contributed by atoms with Crippen molar-refractivity contribution in [3.63, 3.8) is 0 Å². The van der Waals surface area contributed by atoms with Crippen molar-refractivity contribution in [1.82, 2.24) is 0 Å². The smallest absolute Gasteiger partial charge is 0.327 e. The Morgan fingerprint density at radius 3 is 1.71 bits per heavy atom. The highest BCUT2D eigenvalue weighted by atomic mass is 32.2. The minimum atomic E-state index is -4.73. The maximum Gasteiger partial charge on any atom is 0.327 e. The minimum Gasteiger partial charge on any atom is -0.466 e. The molecule has 0 aromatic heterocycles. The first-order chi connectivity index (χ1) is 10.6. The van der Waals surface area contributed by atoms with Gasteiger partial charge in [0.25, 0.3) is 10.1 Å². The van der Waals surface area contributed by atoms with Crippen molar-refractivity contribution in [1.29, 1.82) is 0 Å². The van der Waals surface area contributed by atoms with E-state index in [9.17, 15) is 22.6 Å². The molecule has 1 unspecified atom stereocenters. The lowest BCUT2D eigenvalue weighted by molar-refractivity contribution is -0.149. The number of rotatable bonds is 10. The van der Waals surface area contributed by atoms with Crippen LogP contribution in [0.2, 0.25) is 51.4 Å². The summed E-state index contributed by atoms with van der Waals surface area (Å²) in [6.07, 6.45) is -0.740. The Hall–Kier alpha value is -0.716. The van der Waals surface area contributed by atoms with E-state index in [1.807, 2.05) is 0 Å². The van der Waals surface area contributed by atoms with Crippen LogP contribution in [0.15, 0.2) is 0 Å². The molecule has 0 amide bonds. The molecule has 1 N–H and O–H groups in total. The van der Waals surface area contributed by atoms with Crippen molar-refractivity contribution in [3.8, 4) is 0 Å². The van der Waals surface area contributed by atoms with Gasteiger partial charge in [0.15, 0.2) is 5.25 Å². The van der Waals surface area contributed by atoms with Gasteiger partial charge in [-0.2, -0.15) is 8.42 Å². The van der Waals surface area contributed by atoms with E-state index in [0.29, 0.717) is 6.04 Å². The van der Waals surface area contributed by atoms with E-state index in [0.717, 1.165) is 6.04 Å². The highest BCUT2D eigenvalue weighted by molar-refractivity contribution is 7.87. The number of carbonyl (C=O) groups is 2. The topological polar surface area (TPSA) is 107 Å². The largest absolute Gasteiger partial charge is 0.466 e. The van der Waals surface area contributed by atoms with Crippen LogP contribution in [-0.2, 0) is 29.2 Å². The van der Waals surface area contributed by atoms with Crippen LogP contribution in [0.4, 0.5) is 0 Å². The predicted octanol–water partition coefficient (Wildman–Crippen LogP) is 2.40. The molecule has 7 nitrogen and oxygen atoms in total. The van der Waals surface area contributed by atoms with E-state index in [4.69, 9.17) is 9.47 Å². The van der Waals surface area contributed by atoms with Crippen molar-refractivity contribution >= 4 is 38.2 Å². The van der Waals surface area contributed by atoms with Crippen molar-refractivity contribution < 1.29 is 32.0 Å². The summed E-state index contributed by atoms with van der Waals surface area (Å²) in [5.41, 5.74) is 0. The van der Waals surface area contributed by atoms with Gasteiger partial charge in [0.2, 0.25) is 0 Å². The van der Waals surface area contributed by atoms with Crippen LogP contribution in [-0.4, -0.2) is 59.5 Å². The number of ether oxygens (including phenoxy) is 2. The Bertz CT molecular complexity index is 532. The molecule has 0 saturated heterocycles. The van der Waals surface area contributed by atoms with Gasteiger partial charge in [-0.3, -0.25) is 14.1 Å². The van der Waals surface area contributed by atoms with Crippen LogP contribution >= 0.6 is 0 Å². The molecule has 0 radical (unpaired) electrons. The highest BCUT2D eigenvalue weighted by Crippen LogP contribution is 2.13. The Kier molecular flexibility index (Phi) is 8.84. The Balaban J connectivity index is 4.63. The van der Waals surface area contributed by atoms with Crippen LogP contribution in [0.5, 0.6) is 0 Å². The van der Waals surface area contributed by atoms with E-state index in [1.165, 1.54) is 0 Å². The molecule has 0 aliphatic heterocycles. The van der Waals surface area contributed by atoms with Gasteiger partial charge in [-0.25, -0.2) is 0 Å². The van der Waals surface area contributed by atoms with E-state index >= 15 is 0 Å². The van der Waals surface area contributed by atoms with Gasteiger partial charge in [0, 0.05) is 16.1 Å². The highest BCUT2D eigenvalue weighted by Gasteiger charge is 2.35. The molecule has 0 aromatic carbocycles. The minimum absolute atomic E-state index is 0.0747. The Labute approximate surface area is 146 Å². The molecule has 0 bridgehead atoms. The molecular formula is C14H30O7SSi2. The SMILES string of the molecule is C[Si](C)(C)CCOC(=O)CC(C(=O)OCC[Si](C)(C)C)S(=O)(=O)O. The van der Waals surface area contributed by atoms with Crippen LogP contribution in [0.3, 0.4) is 0 Å². The summed E-state index contributed by atoms with van der Waals surface area (Å²) < 4.78 is 41.8. The maximum absolute atomic E-state index is 11.9. The molecule has 0 fully saturated rings. The molecule has 1 atom stereocenters. The van der Waals surface area contributed by atoms with Gasteiger partial charge < -0.3 is 9.47 Å².